The second kappa shape index (κ2) is 6.32. The minimum atomic E-state index is -3.68. The summed E-state index contributed by atoms with van der Waals surface area (Å²) in [5.41, 5.74) is 1.12. The minimum Gasteiger partial charge on any atom is -0.494 e. The van der Waals surface area contributed by atoms with Gasteiger partial charge in [-0.05, 0) is 49.7 Å². The van der Waals surface area contributed by atoms with E-state index in [-0.39, 0.29) is 10.0 Å². The van der Waals surface area contributed by atoms with Gasteiger partial charge in [0.05, 0.1) is 17.2 Å². The third-order valence-electron chi connectivity index (χ3n) is 2.74. The predicted octanol–water partition coefficient (Wildman–Crippen LogP) is 3.24. The minimum absolute atomic E-state index is 0.163. The molecule has 112 valence electrons. The molecule has 1 heterocycles. The second-order valence-corrected chi connectivity index (χ2v) is 6.40. The summed E-state index contributed by atoms with van der Waals surface area (Å²) in [4.78, 5) is 3.97. The van der Waals surface area contributed by atoms with Gasteiger partial charge >= 0.3 is 0 Å². The van der Waals surface area contributed by atoms with Crippen LogP contribution in [-0.2, 0) is 10.0 Å². The van der Waals surface area contributed by atoms with Crippen molar-refractivity contribution >= 4 is 27.3 Å². The van der Waals surface area contributed by atoms with Gasteiger partial charge in [0.15, 0.2) is 0 Å². The molecule has 0 fully saturated rings. The van der Waals surface area contributed by atoms with Crippen molar-refractivity contribution in [2.75, 3.05) is 11.3 Å². The van der Waals surface area contributed by atoms with Gasteiger partial charge in [0.25, 0.3) is 10.0 Å². The maximum absolute atomic E-state index is 12.3. The summed E-state index contributed by atoms with van der Waals surface area (Å²) < 4.78 is 32.5. The van der Waals surface area contributed by atoms with E-state index in [1.165, 1.54) is 24.4 Å². The highest BCUT2D eigenvalue weighted by Crippen LogP contribution is 2.24. The summed E-state index contributed by atoms with van der Waals surface area (Å²) in [6.45, 7) is 4.20. The molecule has 5 nitrogen and oxygen atoms in total. The number of hydrogen-bond acceptors (Lipinski definition) is 4. The Bertz CT molecular complexity index is 748. The molecule has 0 atom stereocenters. The van der Waals surface area contributed by atoms with Crippen LogP contribution >= 0.6 is 11.6 Å². The summed E-state index contributed by atoms with van der Waals surface area (Å²) in [7, 11) is -3.68. The van der Waals surface area contributed by atoms with Gasteiger partial charge < -0.3 is 4.74 Å². The molecule has 0 saturated heterocycles. The maximum Gasteiger partial charge on any atom is 0.261 e. The van der Waals surface area contributed by atoms with Gasteiger partial charge in [0.1, 0.15) is 10.9 Å². The molecule has 0 aliphatic heterocycles. The van der Waals surface area contributed by atoms with Crippen molar-refractivity contribution in [3.8, 4) is 5.75 Å². The first-order chi connectivity index (χ1) is 9.92. The van der Waals surface area contributed by atoms with Crippen LogP contribution in [0.4, 0.5) is 5.69 Å². The molecule has 1 N–H and O–H groups in total. The highest BCUT2D eigenvalue weighted by atomic mass is 35.5. The number of halogens is 1. The molecule has 0 aliphatic carbocycles. The van der Waals surface area contributed by atoms with Crippen LogP contribution < -0.4 is 9.46 Å². The lowest BCUT2D eigenvalue weighted by Gasteiger charge is -2.11. The van der Waals surface area contributed by atoms with Crippen LogP contribution in [0.15, 0.2) is 41.4 Å². The number of hydrogen-bond donors (Lipinski definition) is 1. The Kier molecular flexibility index (Phi) is 4.69. The summed E-state index contributed by atoms with van der Waals surface area (Å²) in [5, 5.41) is 0.220. The van der Waals surface area contributed by atoms with E-state index in [0.717, 1.165) is 5.56 Å². The number of ether oxygens (including phenoxy) is 1. The molecule has 0 saturated carbocycles. The number of aromatic nitrogens is 1. The highest BCUT2D eigenvalue weighted by Gasteiger charge is 2.16. The number of anilines is 1. The van der Waals surface area contributed by atoms with Crippen LogP contribution in [0, 0.1) is 6.92 Å². The molecule has 21 heavy (non-hydrogen) atoms. The Hall–Kier alpha value is -1.79. The van der Waals surface area contributed by atoms with Gasteiger partial charge in [0.2, 0.25) is 0 Å². The van der Waals surface area contributed by atoms with Crippen LogP contribution in [0.25, 0.3) is 0 Å². The Balaban J connectivity index is 2.29. The first-order valence-electron chi connectivity index (χ1n) is 6.30. The van der Waals surface area contributed by atoms with Crippen molar-refractivity contribution in [1.82, 2.24) is 4.98 Å². The van der Waals surface area contributed by atoms with Gasteiger partial charge in [-0.3, -0.25) is 4.72 Å². The van der Waals surface area contributed by atoms with Crippen molar-refractivity contribution in [3.05, 3.63) is 47.2 Å². The normalized spacial score (nSPS) is 11.2. The van der Waals surface area contributed by atoms with Crippen LogP contribution in [0.3, 0.4) is 0 Å². The standard InChI is InChI=1S/C14H15ClN2O3S/c1-3-20-13-5-4-12(8-10(13)2)21(18,19)17-11-6-7-16-14(15)9-11/h4-9H,3H2,1-2H3,(H,16,17). The number of benzene rings is 1. The average molecular weight is 327 g/mol. The molecule has 0 aliphatic rings. The topological polar surface area (TPSA) is 68.3 Å². The lowest BCUT2D eigenvalue weighted by atomic mass is 10.2. The monoisotopic (exact) mass is 326 g/mol. The zero-order valence-electron chi connectivity index (χ0n) is 11.6. The average Bonchev–Trinajstić information content (AvgIpc) is 2.40. The van der Waals surface area contributed by atoms with Crippen LogP contribution in [-0.4, -0.2) is 20.0 Å². The molecular formula is C14H15ClN2O3S. The zero-order valence-corrected chi connectivity index (χ0v) is 13.2. The molecule has 1 aromatic carbocycles. The summed E-state index contributed by atoms with van der Waals surface area (Å²) in [6.07, 6.45) is 1.43. The van der Waals surface area contributed by atoms with E-state index in [1.54, 1.807) is 19.1 Å². The summed E-state index contributed by atoms with van der Waals surface area (Å²) in [6, 6.07) is 7.69. The van der Waals surface area contributed by atoms with Crippen molar-refractivity contribution in [2.24, 2.45) is 0 Å². The van der Waals surface area contributed by atoms with Crippen molar-refractivity contribution in [1.29, 1.82) is 0 Å². The van der Waals surface area contributed by atoms with Crippen LogP contribution in [0.1, 0.15) is 12.5 Å². The molecular weight excluding hydrogens is 312 g/mol. The Morgan fingerprint density at radius 2 is 2.05 bits per heavy atom. The molecule has 0 radical (unpaired) electrons. The third-order valence-corrected chi connectivity index (χ3v) is 4.32. The van der Waals surface area contributed by atoms with E-state index in [1.807, 2.05) is 6.92 Å². The fourth-order valence-electron chi connectivity index (χ4n) is 1.79. The number of sulfonamides is 1. The summed E-state index contributed by atoms with van der Waals surface area (Å²) in [5.74, 6) is 0.670. The van der Waals surface area contributed by atoms with Gasteiger partial charge in [0, 0.05) is 6.20 Å². The van der Waals surface area contributed by atoms with Gasteiger partial charge in [-0.25, -0.2) is 13.4 Å². The molecule has 2 aromatic rings. The number of nitrogens with one attached hydrogen (secondary N) is 1. The number of pyridine rings is 1. The van der Waals surface area contributed by atoms with E-state index < -0.39 is 10.0 Å². The quantitative estimate of drug-likeness (QED) is 0.856. The lowest BCUT2D eigenvalue weighted by Crippen LogP contribution is -2.13. The zero-order chi connectivity index (χ0) is 15.5. The summed E-state index contributed by atoms with van der Waals surface area (Å²) >= 11 is 5.74. The maximum atomic E-state index is 12.3. The molecule has 0 amide bonds. The highest BCUT2D eigenvalue weighted by molar-refractivity contribution is 7.92. The van der Waals surface area contributed by atoms with Gasteiger partial charge in [-0.1, -0.05) is 11.6 Å². The second-order valence-electron chi connectivity index (χ2n) is 4.33. The first-order valence-corrected chi connectivity index (χ1v) is 8.16. The fourth-order valence-corrected chi connectivity index (χ4v) is 3.09. The van der Waals surface area contributed by atoms with Crippen LogP contribution in [0.5, 0.6) is 5.75 Å². The van der Waals surface area contributed by atoms with Crippen molar-refractivity contribution < 1.29 is 13.2 Å². The number of rotatable bonds is 5. The molecule has 0 bridgehead atoms. The molecule has 0 spiro atoms. The predicted molar refractivity (Wildman–Crippen MR) is 82.4 cm³/mol. The lowest BCUT2D eigenvalue weighted by molar-refractivity contribution is 0.337. The fraction of sp³-hybridized carbons (Fsp3) is 0.214. The number of nitrogens with zero attached hydrogens (tertiary/aromatic N) is 1. The Labute approximate surface area is 129 Å². The van der Waals surface area contributed by atoms with Crippen LogP contribution in [0.2, 0.25) is 5.15 Å². The largest absolute Gasteiger partial charge is 0.494 e. The van der Waals surface area contributed by atoms with E-state index in [9.17, 15) is 8.42 Å². The van der Waals surface area contributed by atoms with Crippen molar-refractivity contribution in [3.63, 3.8) is 0 Å². The first kappa shape index (κ1) is 15.6. The van der Waals surface area contributed by atoms with E-state index in [2.05, 4.69) is 9.71 Å². The van der Waals surface area contributed by atoms with E-state index in [4.69, 9.17) is 16.3 Å². The molecule has 2 rings (SSSR count). The smallest absolute Gasteiger partial charge is 0.261 e. The van der Waals surface area contributed by atoms with E-state index >= 15 is 0 Å². The Morgan fingerprint density at radius 3 is 2.67 bits per heavy atom. The molecule has 1 aromatic heterocycles. The van der Waals surface area contributed by atoms with Gasteiger partial charge in [-0.2, -0.15) is 0 Å². The van der Waals surface area contributed by atoms with Gasteiger partial charge in [-0.15, -0.1) is 0 Å². The Morgan fingerprint density at radius 1 is 1.29 bits per heavy atom. The SMILES string of the molecule is CCOc1ccc(S(=O)(=O)Nc2ccnc(Cl)c2)cc1C. The van der Waals surface area contributed by atoms with Crippen molar-refractivity contribution in [2.45, 2.75) is 18.7 Å². The molecule has 0 unspecified atom stereocenters. The number of aryl methyl sites for hydroxylation is 1. The third kappa shape index (κ3) is 3.86. The van der Waals surface area contributed by atoms with E-state index in [0.29, 0.717) is 18.0 Å². The molecule has 7 heteroatoms.